The van der Waals surface area contributed by atoms with E-state index in [2.05, 4.69) is 21.8 Å². The van der Waals surface area contributed by atoms with Crippen molar-refractivity contribution in [3.63, 3.8) is 0 Å². The molecule has 2 N–H and O–H groups in total. The van der Waals surface area contributed by atoms with E-state index >= 15 is 0 Å². The van der Waals surface area contributed by atoms with Crippen molar-refractivity contribution in [3.8, 4) is 0 Å². The van der Waals surface area contributed by atoms with Crippen molar-refractivity contribution >= 4 is 29.1 Å². The predicted molar refractivity (Wildman–Crippen MR) is 75.2 cm³/mol. The highest BCUT2D eigenvalue weighted by molar-refractivity contribution is 7.98. The van der Waals surface area contributed by atoms with Crippen molar-refractivity contribution in [2.45, 2.75) is 25.7 Å². The molecule has 0 amide bonds. The van der Waals surface area contributed by atoms with Crippen LogP contribution < -0.4 is 10.9 Å². The van der Waals surface area contributed by atoms with E-state index in [1.54, 1.807) is 0 Å². The maximum absolute atomic E-state index is 11.2. The maximum Gasteiger partial charge on any atom is 0.285 e. The second-order valence-corrected chi connectivity index (χ2v) is 5.12. The van der Waals surface area contributed by atoms with E-state index in [1.807, 2.05) is 11.8 Å². The number of nitrogens with one attached hydrogen (secondary N) is 2. The Kier molecular flexibility index (Phi) is 7.12. The Bertz CT molecular complexity index is 383. The summed E-state index contributed by atoms with van der Waals surface area (Å²) in [6.45, 7) is 0.824. The van der Waals surface area contributed by atoms with E-state index < -0.39 is 0 Å². The van der Waals surface area contributed by atoms with Crippen molar-refractivity contribution in [1.29, 1.82) is 0 Å². The van der Waals surface area contributed by atoms with E-state index in [1.165, 1.54) is 31.2 Å². The highest BCUT2D eigenvalue weighted by Crippen LogP contribution is 2.14. The molecule has 0 aromatic carbocycles. The number of rotatable bonds is 8. The average Bonchev–Trinajstić information content (AvgIpc) is 2.33. The Morgan fingerprint density at radius 2 is 2.18 bits per heavy atom. The zero-order valence-corrected chi connectivity index (χ0v) is 11.5. The molecule has 0 atom stereocenters. The molecular formula is C11H18ClN3OS. The monoisotopic (exact) mass is 275 g/mol. The van der Waals surface area contributed by atoms with E-state index in [4.69, 9.17) is 11.6 Å². The molecular weight excluding hydrogens is 258 g/mol. The number of aromatic nitrogens is 2. The van der Waals surface area contributed by atoms with Crippen LogP contribution >= 0.6 is 23.4 Å². The summed E-state index contributed by atoms with van der Waals surface area (Å²) in [6, 6.07) is 0. The van der Waals surface area contributed by atoms with Crippen molar-refractivity contribution in [2.75, 3.05) is 23.9 Å². The van der Waals surface area contributed by atoms with Gasteiger partial charge in [-0.2, -0.15) is 16.9 Å². The van der Waals surface area contributed by atoms with Crippen LogP contribution in [0.4, 0.5) is 5.69 Å². The van der Waals surface area contributed by atoms with Crippen LogP contribution in [-0.4, -0.2) is 28.8 Å². The van der Waals surface area contributed by atoms with Crippen molar-refractivity contribution < 1.29 is 0 Å². The van der Waals surface area contributed by atoms with Gasteiger partial charge in [-0.15, -0.1) is 0 Å². The lowest BCUT2D eigenvalue weighted by Crippen LogP contribution is -2.12. The van der Waals surface area contributed by atoms with Crippen LogP contribution in [0.1, 0.15) is 25.7 Å². The van der Waals surface area contributed by atoms with Crippen molar-refractivity contribution in [3.05, 3.63) is 21.6 Å². The summed E-state index contributed by atoms with van der Waals surface area (Å²) in [5, 5.41) is 9.29. The Morgan fingerprint density at radius 3 is 2.94 bits per heavy atom. The van der Waals surface area contributed by atoms with E-state index in [-0.39, 0.29) is 10.6 Å². The van der Waals surface area contributed by atoms with Gasteiger partial charge in [0.1, 0.15) is 5.02 Å². The van der Waals surface area contributed by atoms with Gasteiger partial charge in [-0.25, -0.2) is 5.10 Å². The standard InChI is InChI=1S/C11H18ClN3OS/c1-17-7-5-3-2-4-6-13-9-8-14-15-11(16)10(9)12/h8H,2-7H2,1H3,(H2,13,15,16). The lowest BCUT2D eigenvalue weighted by molar-refractivity contribution is 0.689. The van der Waals surface area contributed by atoms with Gasteiger partial charge in [0, 0.05) is 6.54 Å². The number of nitrogens with zero attached hydrogens (tertiary/aromatic N) is 1. The van der Waals surface area contributed by atoms with Crippen LogP contribution in [0.2, 0.25) is 5.02 Å². The zero-order valence-electron chi connectivity index (χ0n) is 9.96. The van der Waals surface area contributed by atoms with Crippen molar-refractivity contribution in [2.24, 2.45) is 0 Å². The number of halogens is 1. The summed E-state index contributed by atoms with van der Waals surface area (Å²) < 4.78 is 0. The highest BCUT2D eigenvalue weighted by atomic mass is 35.5. The Morgan fingerprint density at radius 1 is 1.41 bits per heavy atom. The van der Waals surface area contributed by atoms with Crippen LogP contribution in [0.25, 0.3) is 0 Å². The predicted octanol–water partition coefficient (Wildman–Crippen LogP) is 2.76. The van der Waals surface area contributed by atoms with Gasteiger partial charge in [0.25, 0.3) is 5.56 Å². The SMILES string of the molecule is CSCCCCCCNc1cn[nH]c(=O)c1Cl. The number of aromatic amines is 1. The van der Waals surface area contributed by atoms with Crippen LogP contribution in [0, 0.1) is 0 Å². The number of anilines is 1. The van der Waals surface area contributed by atoms with Gasteiger partial charge in [0.05, 0.1) is 11.9 Å². The number of hydrogen-bond acceptors (Lipinski definition) is 4. The number of hydrogen-bond donors (Lipinski definition) is 2. The summed E-state index contributed by atoms with van der Waals surface area (Å²) >= 11 is 7.71. The molecule has 0 unspecified atom stereocenters. The van der Waals surface area contributed by atoms with Gasteiger partial charge < -0.3 is 5.32 Å². The van der Waals surface area contributed by atoms with Crippen LogP contribution in [0.15, 0.2) is 11.0 Å². The van der Waals surface area contributed by atoms with E-state index in [0.717, 1.165) is 13.0 Å². The Balaban J connectivity index is 2.18. The summed E-state index contributed by atoms with van der Waals surface area (Å²) in [7, 11) is 0. The molecule has 0 spiro atoms. The van der Waals surface area contributed by atoms with Crippen molar-refractivity contribution in [1.82, 2.24) is 10.2 Å². The maximum atomic E-state index is 11.2. The van der Waals surface area contributed by atoms with Gasteiger partial charge in [0.15, 0.2) is 0 Å². The molecule has 0 aliphatic carbocycles. The second kappa shape index (κ2) is 8.42. The first-order chi connectivity index (χ1) is 8.25. The minimum Gasteiger partial charge on any atom is -0.382 e. The molecule has 1 aromatic heterocycles. The average molecular weight is 276 g/mol. The summed E-state index contributed by atoms with van der Waals surface area (Å²) in [5.74, 6) is 1.23. The minimum absolute atomic E-state index is 0.183. The number of H-pyrrole nitrogens is 1. The third kappa shape index (κ3) is 5.46. The minimum atomic E-state index is -0.350. The van der Waals surface area contributed by atoms with Gasteiger partial charge in [0.2, 0.25) is 0 Å². The fraction of sp³-hybridized carbons (Fsp3) is 0.636. The third-order valence-electron chi connectivity index (χ3n) is 2.39. The molecule has 0 aliphatic rings. The first kappa shape index (κ1) is 14.4. The summed E-state index contributed by atoms with van der Waals surface area (Å²) in [4.78, 5) is 11.2. The highest BCUT2D eigenvalue weighted by Gasteiger charge is 2.03. The molecule has 4 nitrogen and oxygen atoms in total. The number of unbranched alkanes of at least 4 members (excludes halogenated alkanes) is 3. The topological polar surface area (TPSA) is 57.8 Å². The molecule has 0 saturated carbocycles. The lowest BCUT2D eigenvalue weighted by Gasteiger charge is -2.06. The smallest absolute Gasteiger partial charge is 0.285 e. The molecule has 1 aromatic rings. The van der Waals surface area contributed by atoms with Gasteiger partial charge in [-0.3, -0.25) is 4.79 Å². The molecule has 0 saturated heterocycles. The van der Waals surface area contributed by atoms with Gasteiger partial charge in [-0.1, -0.05) is 24.4 Å². The van der Waals surface area contributed by atoms with E-state index in [0.29, 0.717) is 5.69 Å². The Hall–Kier alpha value is -0.680. The van der Waals surface area contributed by atoms with Crippen LogP contribution in [0.5, 0.6) is 0 Å². The normalized spacial score (nSPS) is 10.5. The van der Waals surface area contributed by atoms with Gasteiger partial charge in [-0.05, 0) is 24.9 Å². The number of thioether (sulfide) groups is 1. The molecule has 0 aliphatic heterocycles. The first-order valence-corrected chi connectivity index (χ1v) is 7.49. The first-order valence-electron chi connectivity index (χ1n) is 5.71. The molecule has 96 valence electrons. The summed E-state index contributed by atoms with van der Waals surface area (Å²) in [6.07, 6.45) is 8.47. The quantitative estimate of drug-likeness (QED) is 0.717. The fourth-order valence-corrected chi connectivity index (χ4v) is 2.11. The van der Waals surface area contributed by atoms with Crippen LogP contribution in [-0.2, 0) is 0 Å². The van der Waals surface area contributed by atoms with E-state index in [9.17, 15) is 4.79 Å². The van der Waals surface area contributed by atoms with Crippen LogP contribution in [0.3, 0.4) is 0 Å². The third-order valence-corrected chi connectivity index (χ3v) is 3.46. The largest absolute Gasteiger partial charge is 0.382 e. The lowest BCUT2D eigenvalue weighted by atomic mass is 10.2. The molecule has 0 fully saturated rings. The molecule has 17 heavy (non-hydrogen) atoms. The Labute approximate surface area is 111 Å². The second-order valence-electron chi connectivity index (χ2n) is 3.76. The molecule has 6 heteroatoms. The molecule has 0 bridgehead atoms. The molecule has 1 heterocycles. The molecule has 0 radical (unpaired) electrons. The summed E-state index contributed by atoms with van der Waals surface area (Å²) in [5.41, 5.74) is 0.260. The van der Waals surface area contributed by atoms with Gasteiger partial charge >= 0.3 is 0 Å². The molecule has 1 rings (SSSR count). The fourth-order valence-electron chi connectivity index (χ4n) is 1.45. The zero-order chi connectivity index (χ0) is 12.5.